The van der Waals surface area contributed by atoms with Crippen LogP contribution >= 0.6 is 0 Å². The lowest BCUT2D eigenvalue weighted by molar-refractivity contribution is -0.179. The minimum Gasteiger partial charge on any atom is -0.348 e. The summed E-state index contributed by atoms with van der Waals surface area (Å²) < 4.78 is 63.2. The van der Waals surface area contributed by atoms with Gasteiger partial charge >= 0.3 is 6.03 Å². The molecule has 13 heteroatoms. The van der Waals surface area contributed by atoms with Gasteiger partial charge in [-0.2, -0.15) is 4.72 Å². The Morgan fingerprint density at radius 1 is 0.976 bits per heavy atom. The van der Waals surface area contributed by atoms with Crippen LogP contribution in [0.2, 0.25) is 0 Å². The molecule has 1 saturated carbocycles. The molecule has 0 radical (unpaired) electrons. The topological polar surface area (TPSA) is 121 Å². The third-order valence-electron chi connectivity index (χ3n) is 7.91. The van der Waals surface area contributed by atoms with E-state index in [9.17, 15) is 22.0 Å². The lowest BCUT2D eigenvalue weighted by Gasteiger charge is -2.35. The van der Waals surface area contributed by atoms with Crippen molar-refractivity contribution in [2.24, 2.45) is 0 Å². The number of nitrogens with one attached hydrogen (secondary N) is 4. The average molecular weight is 610 g/mol. The van der Waals surface area contributed by atoms with Gasteiger partial charge in [0.2, 0.25) is 10.0 Å². The summed E-state index contributed by atoms with van der Waals surface area (Å²) >= 11 is 0. The van der Waals surface area contributed by atoms with Crippen molar-refractivity contribution < 1.29 is 31.5 Å². The van der Waals surface area contributed by atoms with Gasteiger partial charge in [0.15, 0.2) is 5.79 Å². The first-order valence-electron chi connectivity index (χ1n) is 14.2. The molecular formula is C29H41F2N5O5S. The van der Waals surface area contributed by atoms with E-state index in [1.807, 2.05) is 7.05 Å². The molecule has 5 rings (SSSR count). The van der Waals surface area contributed by atoms with E-state index in [1.54, 1.807) is 36.2 Å². The van der Waals surface area contributed by atoms with Crippen LogP contribution in [-0.4, -0.2) is 83.5 Å². The molecule has 2 heterocycles. The van der Waals surface area contributed by atoms with Gasteiger partial charge in [-0.05, 0) is 68.1 Å². The third-order valence-corrected chi connectivity index (χ3v) is 8.63. The van der Waals surface area contributed by atoms with E-state index >= 15 is 0 Å². The predicted octanol–water partition coefficient (Wildman–Crippen LogP) is 3.61. The van der Waals surface area contributed by atoms with E-state index in [2.05, 4.69) is 20.7 Å². The van der Waals surface area contributed by atoms with E-state index in [1.165, 1.54) is 25.0 Å². The molecule has 4 N–H and O–H groups in total. The molecule has 10 nitrogen and oxygen atoms in total. The summed E-state index contributed by atoms with van der Waals surface area (Å²) in [5.41, 5.74) is 1.58. The Morgan fingerprint density at radius 2 is 1.60 bits per heavy atom. The molecule has 3 fully saturated rings. The first-order valence-corrected chi connectivity index (χ1v) is 16.1. The number of carbonyl (C=O) groups excluding carboxylic acids is 1. The van der Waals surface area contributed by atoms with Crippen LogP contribution in [-0.2, 0) is 19.5 Å². The first-order chi connectivity index (χ1) is 19.9. The maximum Gasteiger partial charge on any atom is 0.321 e. The van der Waals surface area contributed by atoms with Gasteiger partial charge in [-0.25, -0.2) is 22.0 Å². The Labute approximate surface area is 246 Å². The number of halogens is 2. The third kappa shape index (κ3) is 9.16. The fourth-order valence-electron chi connectivity index (χ4n) is 5.51. The van der Waals surface area contributed by atoms with Gasteiger partial charge in [-0.15, -0.1) is 0 Å². The molecule has 2 saturated heterocycles. The summed E-state index contributed by atoms with van der Waals surface area (Å²) in [7, 11) is 0.409. The molecule has 42 heavy (non-hydrogen) atoms. The van der Waals surface area contributed by atoms with Gasteiger partial charge in [0.25, 0.3) is 0 Å². The lowest BCUT2D eigenvalue weighted by Crippen LogP contribution is -2.56. The summed E-state index contributed by atoms with van der Waals surface area (Å²) in [6.07, 6.45) is 6.44. The number of hydrogen-bond donors (Lipinski definition) is 4. The summed E-state index contributed by atoms with van der Waals surface area (Å²) in [5.74, 6) is -1.49. The molecule has 1 unspecified atom stereocenters. The second-order valence-electron chi connectivity index (χ2n) is 11.0. The van der Waals surface area contributed by atoms with Crippen LogP contribution in [0.3, 0.4) is 0 Å². The van der Waals surface area contributed by atoms with Crippen LogP contribution in [0.1, 0.15) is 38.5 Å². The van der Waals surface area contributed by atoms with Crippen molar-refractivity contribution in [3.8, 4) is 11.1 Å². The molecule has 2 atom stereocenters. The molecule has 0 bridgehead atoms. The number of ether oxygens (including phenoxy) is 2. The predicted molar refractivity (Wildman–Crippen MR) is 157 cm³/mol. The number of benzene rings is 2. The van der Waals surface area contributed by atoms with Crippen LogP contribution < -0.4 is 20.7 Å². The molecule has 0 aromatic heterocycles. The number of carbonyl (C=O) groups is 1. The van der Waals surface area contributed by atoms with Crippen molar-refractivity contribution in [2.75, 3.05) is 45.4 Å². The Hall–Kier alpha value is -2.68. The van der Waals surface area contributed by atoms with E-state index < -0.39 is 21.7 Å². The molecule has 1 aliphatic carbocycles. The maximum atomic E-state index is 13.4. The zero-order chi connectivity index (χ0) is 30.3. The minimum atomic E-state index is -3.29. The largest absolute Gasteiger partial charge is 0.348 e. The van der Waals surface area contributed by atoms with Gasteiger partial charge in [-0.1, -0.05) is 12.1 Å². The smallest absolute Gasteiger partial charge is 0.321 e. The van der Waals surface area contributed by atoms with Crippen molar-refractivity contribution in [2.45, 2.75) is 62.6 Å². The fraction of sp³-hybridized carbons (Fsp3) is 0.552. The Balaban J connectivity index is 0.000000279. The molecule has 2 aliphatic heterocycles. The molecule has 232 valence electrons. The average Bonchev–Trinajstić information content (AvgIpc) is 3.40. The van der Waals surface area contributed by atoms with E-state index in [0.29, 0.717) is 42.2 Å². The van der Waals surface area contributed by atoms with Gasteiger partial charge in [-0.3, -0.25) is 5.32 Å². The Bertz CT molecular complexity index is 1270. The minimum absolute atomic E-state index is 0.0860. The molecule has 2 amide bonds. The number of amides is 2. The fourth-order valence-corrected chi connectivity index (χ4v) is 6.23. The number of sulfonamides is 1. The quantitative estimate of drug-likeness (QED) is 0.395. The van der Waals surface area contributed by atoms with Crippen molar-refractivity contribution in [3.05, 3.63) is 54.1 Å². The number of rotatable bonds is 6. The maximum absolute atomic E-state index is 13.4. The zero-order valence-electron chi connectivity index (χ0n) is 24.3. The lowest BCUT2D eigenvalue weighted by atomic mass is 9.90. The van der Waals surface area contributed by atoms with Crippen molar-refractivity contribution >= 4 is 21.7 Å². The zero-order valence-corrected chi connectivity index (χ0v) is 25.1. The molecule has 2 aromatic carbocycles. The Kier molecular flexibility index (Phi) is 10.9. The van der Waals surface area contributed by atoms with Crippen LogP contribution in [0.25, 0.3) is 11.1 Å². The molecule has 1 spiro atoms. The second kappa shape index (κ2) is 14.2. The van der Waals surface area contributed by atoms with Crippen LogP contribution in [0.5, 0.6) is 0 Å². The SMILES string of the molecule is CN(C(=O)Nc1ccc(-c2cc(F)cc(F)c2)cc1)C1CC[C@@H](NS(C)(=O)=O)NC1.CNC1CCC2(CC1)OCCO2. The Morgan fingerprint density at radius 3 is 2.12 bits per heavy atom. The first kappa shape index (κ1) is 32.2. The number of piperidine rings is 1. The monoisotopic (exact) mass is 609 g/mol. The van der Waals surface area contributed by atoms with Crippen molar-refractivity contribution in [3.63, 3.8) is 0 Å². The van der Waals surface area contributed by atoms with Gasteiger partial charge in [0.05, 0.1) is 25.6 Å². The molecule has 3 aliphatic rings. The standard InChI is InChI=1S/C20H24F2N4O3S.C9H17NO2/c1-26(18-7-8-19(23-12-18)25-30(2,28)29)20(27)24-17-5-3-13(4-6-17)14-9-15(21)11-16(22)10-14;1-10-8-2-4-9(5-3-8)11-6-7-12-9/h3-6,9-11,18-19,23,25H,7-8,12H2,1-2H3,(H,24,27);8,10H,2-7H2,1H3/t18?,19-;/m1./s1. The summed E-state index contributed by atoms with van der Waals surface area (Å²) in [6, 6.07) is 10.2. The number of likely N-dealkylation sites (N-methyl/N-ethyl adjacent to an activating group) is 1. The highest BCUT2D eigenvalue weighted by atomic mass is 32.2. The summed E-state index contributed by atoms with van der Waals surface area (Å²) in [5, 5.41) is 9.18. The van der Waals surface area contributed by atoms with Crippen molar-refractivity contribution in [1.29, 1.82) is 0 Å². The van der Waals surface area contributed by atoms with E-state index in [0.717, 1.165) is 38.4 Å². The van der Waals surface area contributed by atoms with Gasteiger partial charge in [0, 0.05) is 50.3 Å². The van der Waals surface area contributed by atoms with Crippen LogP contribution in [0, 0.1) is 11.6 Å². The second-order valence-corrected chi connectivity index (χ2v) is 12.8. The highest BCUT2D eigenvalue weighted by Gasteiger charge is 2.39. The van der Waals surface area contributed by atoms with Crippen LogP contribution in [0.4, 0.5) is 19.3 Å². The van der Waals surface area contributed by atoms with Crippen molar-refractivity contribution in [1.82, 2.24) is 20.3 Å². The normalized spacial score (nSPS) is 22.3. The van der Waals surface area contributed by atoms with Gasteiger partial charge < -0.3 is 25.0 Å². The number of anilines is 1. The summed E-state index contributed by atoms with van der Waals surface area (Å²) in [6.45, 7) is 2.02. The van der Waals surface area contributed by atoms with E-state index in [-0.39, 0.29) is 24.0 Å². The molecular weight excluding hydrogens is 568 g/mol. The molecule has 2 aromatic rings. The number of urea groups is 1. The van der Waals surface area contributed by atoms with Gasteiger partial charge in [0.1, 0.15) is 11.6 Å². The number of nitrogens with zero attached hydrogens (tertiary/aromatic N) is 1. The highest BCUT2D eigenvalue weighted by molar-refractivity contribution is 7.88. The number of hydrogen-bond acceptors (Lipinski definition) is 7. The van der Waals surface area contributed by atoms with E-state index in [4.69, 9.17) is 9.47 Å². The summed E-state index contributed by atoms with van der Waals surface area (Å²) in [4.78, 5) is 14.1. The van der Waals surface area contributed by atoms with Crippen LogP contribution in [0.15, 0.2) is 42.5 Å². The highest BCUT2D eigenvalue weighted by Crippen LogP contribution is 2.35.